The second-order valence-corrected chi connectivity index (χ2v) is 6.41. The molecule has 0 aliphatic carbocycles. The lowest BCUT2D eigenvalue weighted by Crippen LogP contribution is -2.36. The fraction of sp³-hybridized carbons (Fsp3) is 0.176. The third-order valence-electron chi connectivity index (χ3n) is 3.51. The maximum atomic E-state index is 12.7. The maximum absolute atomic E-state index is 12.7. The zero-order valence-corrected chi connectivity index (χ0v) is 15.4. The molecule has 0 aliphatic rings. The molecule has 0 aromatic heterocycles. The summed E-state index contributed by atoms with van der Waals surface area (Å²) in [6.45, 7) is 0. The highest BCUT2D eigenvalue weighted by Crippen LogP contribution is 2.36. The highest BCUT2D eigenvalue weighted by Gasteiger charge is 2.35. The summed E-state index contributed by atoms with van der Waals surface area (Å²) in [7, 11) is 0. The molecule has 6 nitrogen and oxygen atoms in total. The third-order valence-corrected chi connectivity index (χ3v) is 4.05. The molecule has 0 spiro atoms. The summed E-state index contributed by atoms with van der Waals surface area (Å²) >= 11 is 9.16. The number of thiol groups is 1. The topological polar surface area (TPSA) is 86.5 Å². The van der Waals surface area contributed by atoms with Crippen molar-refractivity contribution in [2.24, 2.45) is 0 Å². The van der Waals surface area contributed by atoms with Crippen molar-refractivity contribution in [2.75, 3.05) is 0 Å². The van der Waals surface area contributed by atoms with E-state index in [1.54, 1.807) is 0 Å². The SMILES string of the molecule is O=C(S)C(C(=O)Cc1cccc(Oc2ccc(C(F)(F)F)cc2Cl)c1)[N+](=O)[O-]. The quantitative estimate of drug-likeness (QED) is 0.303. The number of hydrogen-bond acceptors (Lipinski definition) is 5. The number of ether oxygens (including phenoxy) is 1. The second kappa shape index (κ2) is 8.61. The van der Waals surface area contributed by atoms with E-state index in [1.807, 2.05) is 0 Å². The number of benzene rings is 2. The molecule has 0 N–H and O–H groups in total. The van der Waals surface area contributed by atoms with Crippen LogP contribution < -0.4 is 4.74 Å². The molecule has 148 valence electrons. The van der Waals surface area contributed by atoms with Gasteiger partial charge in [0.05, 0.1) is 10.6 Å². The van der Waals surface area contributed by atoms with Gasteiger partial charge in [-0.2, -0.15) is 13.2 Å². The Balaban J connectivity index is 2.19. The first kappa shape index (κ1) is 21.7. The molecule has 2 rings (SSSR count). The highest BCUT2D eigenvalue weighted by molar-refractivity contribution is 7.96. The summed E-state index contributed by atoms with van der Waals surface area (Å²) in [5, 5.41) is 9.36. The Morgan fingerprint density at radius 1 is 1.21 bits per heavy atom. The number of hydrogen-bond donors (Lipinski definition) is 1. The van der Waals surface area contributed by atoms with Gasteiger partial charge in [0.25, 0.3) is 5.12 Å². The van der Waals surface area contributed by atoms with Gasteiger partial charge >= 0.3 is 12.2 Å². The van der Waals surface area contributed by atoms with Gasteiger partial charge in [0.15, 0.2) is 0 Å². The number of ketones is 1. The van der Waals surface area contributed by atoms with Crippen LogP contribution >= 0.6 is 24.2 Å². The van der Waals surface area contributed by atoms with Crippen LogP contribution in [0.1, 0.15) is 11.1 Å². The minimum Gasteiger partial charge on any atom is -0.456 e. The number of alkyl halides is 3. The summed E-state index contributed by atoms with van der Waals surface area (Å²) in [5.41, 5.74) is -0.640. The molecule has 11 heteroatoms. The van der Waals surface area contributed by atoms with Crippen LogP contribution in [0.2, 0.25) is 5.02 Å². The van der Waals surface area contributed by atoms with Crippen LogP contribution in [0.15, 0.2) is 42.5 Å². The summed E-state index contributed by atoms with van der Waals surface area (Å²) in [6, 6.07) is 6.23. The van der Waals surface area contributed by atoms with Crippen LogP contribution in [-0.2, 0) is 22.2 Å². The predicted octanol–water partition coefficient (Wildman–Crippen LogP) is 4.36. The van der Waals surface area contributed by atoms with E-state index in [-0.39, 0.29) is 16.5 Å². The van der Waals surface area contributed by atoms with Gasteiger partial charge in [0.2, 0.25) is 5.78 Å². The number of rotatable bonds is 7. The molecule has 2 aromatic rings. The smallest absolute Gasteiger partial charge is 0.416 e. The fourth-order valence-electron chi connectivity index (χ4n) is 2.25. The number of carbonyl (C=O) groups excluding carboxylic acids is 2. The Kier molecular flexibility index (Phi) is 6.68. The van der Waals surface area contributed by atoms with Crippen molar-refractivity contribution < 1.29 is 32.4 Å². The lowest BCUT2D eigenvalue weighted by Gasteiger charge is -2.12. The number of nitrogens with zero attached hydrogens (tertiary/aromatic N) is 1. The number of Topliss-reactive ketones (excluding diaryl/α,β-unsaturated/α-hetero) is 1. The lowest BCUT2D eigenvalue weighted by molar-refractivity contribution is -0.492. The second-order valence-electron chi connectivity index (χ2n) is 5.56. The minimum atomic E-state index is -4.56. The van der Waals surface area contributed by atoms with E-state index in [9.17, 15) is 32.9 Å². The molecule has 1 atom stereocenters. The molecule has 28 heavy (non-hydrogen) atoms. The third kappa shape index (κ3) is 5.46. The van der Waals surface area contributed by atoms with Crippen molar-refractivity contribution in [3.63, 3.8) is 0 Å². The molecule has 0 radical (unpaired) electrons. The Morgan fingerprint density at radius 3 is 2.43 bits per heavy atom. The first-order valence-corrected chi connectivity index (χ1v) is 8.34. The largest absolute Gasteiger partial charge is 0.456 e. The van der Waals surface area contributed by atoms with Crippen molar-refractivity contribution in [2.45, 2.75) is 18.6 Å². The van der Waals surface area contributed by atoms with E-state index in [2.05, 4.69) is 12.6 Å². The van der Waals surface area contributed by atoms with E-state index in [0.29, 0.717) is 11.6 Å². The number of halogens is 4. The Bertz CT molecular complexity index is 921. The summed E-state index contributed by atoms with van der Waals surface area (Å²) in [4.78, 5) is 32.9. The highest BCUT2D eigenvalue weighted by atomic mass is 35.5. The molecule has 1 unspecified atom stereocenters. The van der Waals surface area contributed by atoms with Crippen LogP contribution in [0.3, 0.4) is 0 Å². The zero-order chi connectivity index (χ0) is 21.1. The van der Waals surface area contributed by atoms with Crippen molar-refractivity contribution in [1.82, 2.24) is 0 Å². The summed E-state index contributed by atoms with van der Waals surface area (Å²) in [6.07, 6.45) is -4.99. The molecule has 0 amide bonds. The minimum absolute atomic E-state index is 0.0492. The van der Waals surface area contributed by atoms with Crippen LogP contribution in [0.25, 0.3) is 0 Å². The molecule has 0 bridgehead atoms. The average Bonchev–Trinajstić information content (AvgIpc) is 2.55. The van der Waals surface area contributed by atoms with Gasteiger partial charge in [-0.05, 0) is 35.9 Å². The summed E-state index contributed by atoms with van der Waals surface area (Å²) in [5.74, 6) is -0.872. The molecule has 0 saturated carbocycles. The molecule has 0 aliphatic heterocycles. The van der Waals surface area contributed by atoms with Crippen LogP contribution in [-0.4, -0.2) is 21.9 Å². The van der Waals surface area contributed by atoms with E-state index in [4.69, 9.17) is 16.3 Å². The van der Waals surface area contributed by atoms with Crippen molar-refractivity contribution in [1.29, 1.82) is 0 Å². The standard InChI is InChI=1S/C17H11ClF3NO5S/c18-12-8-10(17(19,20)21)4-5-14(12)27-11-3-1-2-9(6-11)7-13(23)15(16(24)28)22(25)26/h1-6,8,15H,7H2,(H,24,28). The first-order valence-electron chi connectivity index (χ1n) is 7.51. The normalized spacial score (nSPS) is 12.3. The van der Waals surface area contributed by atoms with E-state index < -0.39 is 40.0 Å². The van der Waals surface area contributed by atoms with Gasteiger partial charge in [-0.1, -0.05) is 36.4 Å². The number of nitro groups is 1. The Labute approximate surface area is 166 Å². The Hall–Kier alpha value is -2.59. The van der Waals surface area contributed by atoms with Gasteiger partial charge < -0.3 is 4.74 Å². The summed E-state index contributed by atoms with van der Waals surface area (Å²) < 4.78 is 43.4. The van der Waals surface area contributed by atoms with Crippen LogP contribution in [0.4, 0.5) is 13.2 Å². The molecule has 0 saturated heterocycles. The van der Waals surface area contributed by atoms with Crippen molar-refractivity contribution >= 4 is 35.1 Å². The first-order chi connectivity index (χ1) is 13.0. The molecule has 2 aromatic carbocycles. The Morgan fingerprint density at radius 2 is 1.89 bits per heavy atom. The predicted molar refractivity (Wildman–Crippen MR) is 96.5 cm³/mol. The molecule has 0 fully saturated rings. The van der Waals surface area contributed by atoms with Gasteiger partial charge in [0.1, 0.15) is 11.5 Å². The van der Waals surface area contributed by atoms with E-state index in [1.165, 1.54) is 24.3 Å². The fourth-order valence-corrected chi connectivity index (χ4v) is 2.71. The monoisotopic (exact) mass is 433 g/mol. The van der Waals surface area contributed by atoms with Gasteiger partial charge in [-0.15, -0.1) is 0 Å². The van der Waals surface area contributed by atoms with Gasteiger partial charge in [-0.3, -0.25) is 19.7 Å². The van der Waals surface area contributed by atoms with Crippen LogP contribution in [0.5, 0.6) is 11.5 Å². The van der Waals surface area contributed by atoms with Crippen molar-refractivity contribution in [3.05, 3.63) is 68.7 Å². The van der Waals surface area contributed by atoms with E-state index in [0.717, 1.165) is 12.1 Å². The van der Waals surface area contributed by atoms with Gasteiger partial charge in [-0.25, -0.2) is 0 Å². The average molecular weight is 434 g/mol. The lowest BCUT2D eigenvalue weighted by atomic mass is 10.0. The zero-order valence-electron chi connectivity index (χ0n) is 13.8. The maximum Gasteiger partial charge on any atom is 0.416 e. The molecule has 0 heterocycles. The number of carbonyl (C=O) groups is 2. The van der Waals surface area contributed by atoms with Crippen LogP contribution in [0, 0.1) is 10.1 Å². The molecular weight excluding hydrogens is 423 g/mol. The molecular formula is C17H11ClF3NO5S. The van der Waals surface area contributed by atoms with Gasteiger partial charge in [0, 0.05) is 11.3 Å². The van der Waals surface area contributed by atoms with E-state index >= 15 is 0 Å². The van der Waals surface area contributed by atoms with Crippen molar-refractivity contribution in [3.8, 4) is 11.5 Å².